The second kappa shape index (κ2) is 7.79. The zero-order chi connectivity index (χ0) is 20.8. The number of hydrogen-bond acceptors (Lipinski definition) is 4. The van der Waals surface area contributed by atoms with Gasteiger partial charge in [0.15, 0.2) is 5.79 Å². The Hall–Kier alpha value is -1.10. The molecule has 30 heavy (non-hydrogen) atoms. The van der Waals surface area contributed by atoms with E-state index in [0.717, 1.165) is 50.6 Å². The van der Waals surface area contributed by atoms with E-state index in [9.17, 15) is 0 Å². The molecule has 0 bridgehead atoms. The highest BCUT2D eigenvalue weighted by molar-refractivity contribution is 5.17. The summed E-state index contributed by atoms with van der Waals surface area (Å²) in [5, 5.41) is 0. The molecule has 3 fully saturated rings. The predicted octanol–water partition coefficient (Wildman–Crippen LogP) is 6.43. The molecular weight excluding hydrogens is 376 g/mol. The first-order valence-corrected chi connectivity index (χ1v) is 12.1. The van der Waals surface area contributed by atoms with Gasteiger partial charge in [0.05, 0.1) is 38.5 Å². The van der Waals surface area contributed by atoms with E-state index in [1.165, 1.54) is 37.7 Å². The van der Waals surface area contributed by atoms with Crippen LogP contribution in [0.4, 0.5) is 0 Å². The quantitative estimate of drug-likeness (QED) is 0.532. The van der Waals surface area contributed by atoms with Crippen LogP contribution in [-0.4, -0.2) is 25.6 Å². The number of rotatable bonds is 4. The van der Waals surface area contributed by atoms with Gasteiger partial charge in [0.25, 0.3) is 0 Å². The van der Waals surface area contributed by atoms with Crippen LogP contribution >= 0.6 is 0 Å². The summed E-state index contributed by atoms with van der Waals surface area (Å²) in [5.74, 6) is 1.06. The van der Waals surface area contributed by atoms with Crippen molar-refractivity contribution in [2.75, 3.05) is 19.8 Å². The molecule has 0 N–H and O–H groups in total. The lowest BCUT2D eigenvalue weighted by molar-refractivity contribution is -0.297. The van der Waals surface area contributed by atoms with Crippen LogP contribution in [0.5, 0.6) is 0 Å². The fourth-order valence-corrected chi connectivity index (χ4v) is 7.27. The van der Waals surface area contributed by atoms with Gasteiger partial charge in [0, 0.05) is 17.4 Å². The van der Waals surface area contributed by atoms with E-state index in [1.807, 2.05) is 6.07 Å². The summed E-state index contributed by atoms with van der Waals surface area (Å²) in [4.78, 5) is 0. The SMILES string of the molecule is C[C@H]1CC[C@]2(C)[C@H](CCCC23OCCO3)[C@@]1(C)CCC1=CC[C@H](c2ccoc2)OC1. The highest BCUT2D eigenvalue weighted by atomic mass is 16.7. The molecule has 2 saturated carbocycles. The standard InChI is InChI=1S/C26H38O4/c1-19-8-13-25(3)23(5-4-11-26(25)29-15-16-30-26)24(19,2)12-9-20-6-7-22(28-17-20)21-10-14-27-18-21/h6,10,14,18-19,22-23H,4-5,7-9,11-13,15-17H2,1-3H3/t19-,22+,23+,24-,25+/m0/s1. The van der Waals surface area contributed by atoms with Crippen molar-refractivity contribution in [1.29, 1.82) is 0 Å². The van der Waals surface area contributed by atoms with Crippen molar-refractivity contribution < 1.29 is 18.6 Å². The van der Waals surface area contributed by atoms with Crippen LogP contribution in [0.2, 0.25) is 0 Å². The molecule has 2 aliphatic heterocycles. The van der Waals surface area contributed by atoms with Crippen LogP contribution in [0.3, 0.4) is 0 Å². The van der Waals surface area contributed by atoms with Gasteiger partial charge in [-0.05, 0) is 73.8 Å². The fourth-order valence-electron chi connectivity index (χ4n) is 7.27. The molecule has 5 atom stereocenters. The molecule has 4 nitrogen and oxygen atoms in total. The molecule has 1 spiro atoms. The van der Waals surface area contributed by atoms with Gasteiger partial charge < -0.3 is 18.6 Å². The van der Waals surface area contributed by atoms with Crippen LogP contribution in [0.1, 0.15) is 83.8 Å². The first-order chi connectivity index (χ1) is 14.5. The number of furan rings is 1. The molecule has 1 saturated heterocycles. The van der Waals surface area contributed by atoms with E-state index in [-0.39, 0.29) is 17.3 Å². The highest BCUT2D eigenvalue weighted by Gasteiger charge is 2.64. The number of ether oxygens (including phenoxy) is 3. The minimum absolute atomic E-state index is 0.132. The molecule has 0 unspecified atom stereocenters. The number of fused-ring (bicyclic) bond motifs is 2. The minimum atomic E-state index is -0.331. The zero-order valence-electron chi connectivity index (χ0n) is 19.0. The van der Waals surface area contributed by atoms with Crippen molar-refractivity contribution in [2.24, 2.45) is 22.7 Å². The summed E-state index contributed by atoms with van der Waals surface area (Å²) < 4.78 is 24.1. The maximum Gasteiger partial charge on any atom is 0.174 e. The second-order valence-electron chi connectivity index (χ2n) is 10.7. The molecule has 0 radical (unpaired) electrons. The Morgan fingerprint density at radius 2 is 1.93 bits per heavy atom. The first-order valence-electron chi connectivity index (χ1n) is 12.1. The lowest BCUT2D eigenvalue weighted by atomic mass is 9.45. The molecule has 2 aliphatic carbocycles. The summed E-state index contributed by atoms with van der Waals surface area (Å²) in [6.07, 6.45) is 15.5. The lowest BCUT2D eigenvalue weighted by Gasteiger charge is -2.63. The third kappa shape index (κ3) is 3.22. The van der Waals surface area contributed by atoms with Gasteiger partial charge in [-0.15, -0.1) is 0 Å². The third-order valence-corrected chi connectivity index (χ3v) is 9.40. The van der Waals surface area contributed by atoms with E-state index in [1.54, 1.807) is 12.5 Å². The van der Waals surface area contributed by atoms with Crippen molar-refractivity contribution in [3.05, 3.63) is 35.8 Å². The molecule has 166 valence electrons. The Labute approximate surface area is 181 Å². The maximum atomic E-state index is 6.36. The average Bonchev–Trinajstić information content (AvgIpc) is 3.45. The molecule has 4 heteroatoms. The minimum Gasteiger partial charge on any atom is -0.472 e. The molecular formula is C26H38O4. The van der Waals surface area contributed by atoms with Gasteiger partial charge in [-0.2, -0.15) is 0 Å². The van der Waals surface area contributed by atoms with E-state index >= 15 is 0 Å². The van der Waals surface area contributed by atoms with Gasteiger partial charge >= 0.3 is 0 Å². The van der Waals surface area contributed by atoms with E-state index in [2.05, 4.69) is 26.8 Å². The van der Waals surface area contributed by atoms with Crippen molar-refractivity contribution in [3.63, 3.8) is 0 Å². The van der Waals surface area contributed by atoms with Crippen molar-refractivity contribution >= 4 is 0 Å². The summed E-state index contributed by atoms with van der Waals surface area (Å²) >= 11 is 0. The maximum absolute atomic E-state index is 6.36. The Morgan fingerprint density at radius 3 is 2.63 bits per heavy atom. The highest BCUT2D eigenvalue weighted by Crippen LogP contribution is 2.66. The largest absolute Gasteiger partial charge is 0.472 e. The van der Waals surface area contributed by atoms with Crippen LogP contribution < -0.4 is 0 Å². The monoisotopic (exact) mass is 414 g/mol. The first kappa shape index (κ1) is 20.8. The average molecular weight is 415 g/mol. The van der Waals surface area contributed by atoms with Gasteiger partial charge in [0.1, 0.15) is 0 Å². The number of hydrogen-bond donors (Lipinski definition) is 0. The van der Waals surface area contributed by atoms with Crippen LogP contribution in [0.25, 0.3) is 0 Å². The molecule has 1 aromatic rings. The molecule has 0 amide bonds. The van der Waals surface area contributed by atoms with Gasteiger partial charge in [-0.1, -0.05) is 26.8 Å². The van der Waals surface area contributed by atoms with Crippen molar-refractivity contribution in [3.8, 4) is 0 Å². The normalized spacial score (nSPS) is 40.9. The van der Waals surface area contributed by atoms with E-state index < -0.39 is 0 Å². The van der Waals surface area contributed by atoms with Crippen molar-refractivity contribution in [1.82, 2.24) is 0 Å². The fraction of sp³-hybridized carbons (Fsp3) is 0.769. The van der Waals surface area contributed by atoms with E-state index in [0.29, 0.717) is 11.3 Å². The molecule has 1 aromatic heterocycles. The molecule has 0 aromatic carbocycles. The summed E-state index contributed by atoms with van der Waals surface area (Å²) in [7, 11) is 0. The summed E-state index contributed by atoms with van der Waals surface area (Å²) in [6, 6.07) is 2.02. The molecule has 4 aliphatic rings. The second-order valence-corrected chi connectivity index (χ2v) is 10.7. The zero-order valence-corrected chi connectivity index (χ0v) is 19.0. The van der Waals surface area contributed by atoms with Crippen molar-refractivity contribution in [2.45, 2.75) is 84.0 Å². The lowest BCUT2D eigenvalue weighted by Crippen LogP contribution is -2.61. The summed E-state index contributed by atoms with van der Waals surface area (Å²) in [5.41, 5.74) is 3.07. The Morgan fingerprint density at radius 1 is 1.10 bits per heavy atom. The smallest absolute Gasteiger partial charge is 0.174 e. The van der Waals surface area contributed by atoms with Crippen LogP contribution in [0, 0.1) is 22.7 Å². The van der Waals surface area contributed by atoms with Gasteiger partial charge in [-0.3, -0.25) is 0 Å². The Kier molecular flexibility index (Phi) is 5.40. The van der Waals surface area contributed by atoms with Gasteiger partial charge in [-0.25, -0.2) is 0 Å². The van der Waals surface area contributed by atoms with Crippen LogP contribution in [-0.2, 0) is 14.2 Å². The summed E-state index contributed by atoms with van der Waals surface area (Å²) in [6.45, 7) is 9.79. The Bertz CT molecular complexity index is 762. The van der Waals surface area contributed by atoms with E-state index in [4.69, 9.17) is 18.6 Å². The van der Waals surface area contributed by atoms with Crippen LogP contribution in [0.15, 0.2) is 34.7 Å². The third-order valence-electron chi connectivity index (χ3n) is 9.40. The molecule has 3 heterocycles. The van der Waals surface area contributed by atoms with Gasteiger partial charge in [0.2, 0.25) is 0 Å². The topological polar surface area (TPSA) is 40.8 Å². The predicted molar refractivity (Wildman–Crippen MR) is 116 cm³/mol. The Balaban J connectivity index is 1.31. The molecule has 5 rings (SSSR count).